The van der Waals surface area contributed by atoms with Crippen LogP contribution in [0.15, 0.2) is 48.5 Å². The third-order valence-corrected chi connectivity index (χ3v) is 5.03. The van der Waals surface area contributed by atoms with Crippen molar-refractivity contribution < 1.29 is 19.1 Å². The lowest BCUT2D eigenvalue weighted by molar-refractivity contribution is -0.154. The molecule has 5 nitrogen and oxygen atoms in total. The van der Waals surface area contributed by atoms with Gasteiger partial charge in [0.25, 0.3) is 0 Å². The zero-order valence-corrected chi connectivity index (χ0v) is 16.9. The fourth-order valence-corrected chi connectivity index (χ4v) is 3.46. The third-order valence-electron chi connectivity index (χ3n) is 5.03. The van der Waals surface area contributed by atoms with E-state index in [4.69, 9.17) is 15.9 Å². The van der Waals surface area contributed by atoms with E-state index in [1.165, 1.54) is 0 Å². The number of carbonyl (C=O) groups is 2. The van der Waals surface area contributed by atoms with Gasteiger partial charge < -0.3 is 14.8 Å². The molecule has 2 aromatic carbocycles. The van der Waals surface area contributed by atoms with E-state index in [1.807, 2.05) is 24.3 Å². The van der Waals surface area contributed by atoms with Crippen molar-refractivity contribution >= 4 is 12.1 Å². The van der Waals surface area contributed by atoms with Gasteiger partial charge in [0, 0.05) is 5.92 Å². The highest BCUT2D eigenvalue weighted by Crippen LogP contribution is 2.44. The Morgan fingerprint density at radius 2 is 1.66 bits per heavy atom. The van der Waals surface area contributed by atoms with Crippen molar-refractivity contribution in [3.63, 3.8) is 0 Å². The van der Waals surface area contributed by atoms with E-state index >= 15 is 0 Å². The molecular weight excluding hydrogens is 366 g/mol. The summed E-state index contributed by atoms with van der Waals surface area (Å²) >= 11 is 0. The lowest BCUT2D eigenvalue weighted by Gasteiger charge is -2.23. The Bertz CT molecular complexity index is 912. The van der Waals surface area contributed by atoms with Gasteiger partial charge >= 0.3 is 12.1 Å². The van der Waals surface area contributed by atoms with Crippen LogP contribution in [0.5, 0.6) is 0 Å². The van der Waals surface area contributed by atoms with Crippen molar-refractivity contribution in [3.05, 3.63) is 59.7 Å². The summed E-state index contributed by atoms with van der Waals surface area (Å²) in [6.45, 7) is 5.19. The number of hydrogen-bond acceptors (Lipinski definition) is 4. The van der Waals surface area contributed by atoms with E-state index in [0.29, 0.717) is 6.42 Å². The molecule has 3 rings (SSSR count). The zero-order valence-electron chi connectivity index (χ0n) is 16.9. The first kappa shape index (κ1) is 20.5. The third kappa shape index (κ3) is 4.43. The van der Waals surface area contributed by atoms with Gasteiger partial charge in [-0.15, -0.1) is 6.42 Å². The monoisotopic (exact) mass is 391 g/mol. The first-order valence-corrected chi connectivity index (χ1v) is 9.68. The molecule has 0 aliphatic heterocycles. The van der Waals surface area contributed by atoms with Gasteiger partial charge in [-0.1, -0.05) is 61.4 Å². The maximum atomic E-state index is 12.4. The number of esters is 1. The smallest absolute Gasteiger partial charge is 0.407 e. The second-order valence-corrected chi connectivity index (χ2v) is 7.51. The van der Waals surface area contributed by atoms with Gasteiger partial charge in [0.15, 0.2) is 5.60 Å². The maximum Gasteiger partial charge on any atom is 0.407 e. The van der Waals surface area contributed by atoms with Crippen LogP contribution in [-0.2, 0) is 14.3 Å². The van der Waals surface area contributed by atoms with Crippen LogP contribution in [0.1, 0.15) is 44.2 Å². The molecule has 5 heteroatoms. The number of fused-ring (bicyclic) bond motifs is 3. The van der Waals surface area contributed by atoms with Crippen LogP contribution >= 0.6 is 0 Å². The molecule has 1 aliphatic carbocycles. The summed E-state index contributed by atoms with van der Waals surface area (Å²) in [5.41, 5.74) is 3.53. The van der Waals surface area contributed by atoms with Crippen molar-refractivity contribution in [1.29, 1.82) is 0 Å². The van der Waals surface area contributed by atoms with Gasteiger partial charge in [0.05, 0.1) is 0 Å². The zero-order chi connectivity index (χ0) is 21.0. The van der Waals surface area contributed by atoms with Crippen LogP contribution in [-0.4, -0.2) is 30.3 Å². The van der Waals surface area contributed by atoms with Crippen molar-refractivity contribution in [2.75, 3.05) is 6.61 Å². The molecule has 0 radical (unpaired) electrons. The van der Waals surface area contributed by atoms with Crippen molar-refractivity contribution in [2.45, 2.75) is 44.8 Å². The molecule has 1 amide bonds. The standard InChI is InChI=1S/C24H25NO4/c1-5-21(22(26)29-24(3,4)6-2)25-23(27)28-15-20-18-13-9-7-11-16(18)17-12-8-10-14-19(17)20/h2,7-14,20-21H,5,15H2,1,3-4H3,(H,25,27)/t21-/m0/s1. The Hall–Kier alpha value is -3.26. The number of hydrogen-bond donors (Lipinski definition) is 1. The highest BCUT2D eigenvalue weighted by atomic mass is 16.6. The van der Waals surface area contributed by atoms with Crippen LogP contribution < -0.4 is 5.32 Å². The van der Waals surface area contributed by atoms with Gasteiger partial charge in [-0.05, 0) is 42.5 Å². The first-order chi connectivity index (χ1) is 13.9. The molecule has 0 unspecified atom stereocenters. The number of ether oxygens (including phenoxy) is 2. The number of terminal acetylenes is 1. The molecule has 1 aliphatic rings. The Labute approximate surface area is 171 Å². The molecule has 29 heavy (non-hydrogen) atoms. The molecule has 0 saturated heterocycles. The summed E-state index contributed by atoms with van der Waals surface area (Å²) in [6, 6.07) is 15.4. The van der Waals surface area contributed by atoms with Crippen molar-refractivity contribution in [2.24, 2.45) is 0 Å². The fourth-order valence-electron chi connectivity index (χ4n) is 3.46. The average Bonchev–Trinajstić information content (AvgIpc) is 3.04. The Morgan fingerprint density at radius 3 is 2.17 bits per heavy atom. The number of alkyl carbamates (subject to hydrolysis) is 1. The van der Waals surface area contributed by atoms with Gasteiger partial charge in [-0.2, -0.15) is 0 Å². The molecule has 0 aromatic heterocycles. The molecule has 0 bridgehead atoms. The van der Waals surface area contributed by atoms with E-state index in [1.54, 1.807) is 20.8 Å². The van der Waals surface area contributed by atoms with Crippen LogP contribution in [0.25, 0.3) is 11.1 Å². The highest BCUT2D eigenvalue weighted by Gasteiger charge is 2.30. The summed E-state index contributed by atoms with van der Waals surface area (Å²) in [5, 5.41) is 2.58. The largest absolute Gasteiger partial charge is 0.449 e. The average molecular weight is 391 g/mol. The number of nitrogens with one attached hydrogen (secondary N) is 1. The van der Waals surface area contributed by atoms with Gasteiger partial charge in [-0.25, -0.2) is 9.59 Å². The maximum absolute atomic E-state index is 12.4. The van der Waals surface area contributed by atoms with Gasteiger partial charge in [-0.3, -0.25) is 0 Å². The van der Waals surface area contributed by atoms with Gasteiger partial charge in [0.2, 0.25) is 0 Å². The first-order valence-electron chi connectivity index (χ1n) is 9.68. The summed E-state index contributed by atoms with van der Waals surface area (Å²) in [5.74, 6) is 1.78. The Morgan fingerprint density at radius 1 is 1.10 bits per heavy atom. The number of rotatable bonds is 6. The normalized spacial score (nSPS) is 13.6. The predicted octanol–water partition coefficient (Wildman–Crippen LogP) is 4.26. The quantitative estimate of drug-likeness (QED) is 0.590. The Balaban J connectivity index is 1.65. The fraction of sp³-hybridized carbons (Fsp3) is 0.333. The number of carbonyl (C=O) groups excluding carboxylic acids is 2. The van der Waals surface area contributed by atoms with Gasteiger partial charge in [0.1, 0.15) is 12.6 Å². The van der Waals surface area contributed by atoms with Crippen molar-refractivity contribution in [1.82, 2.24) is 5.32 Å². The SMILES string of the molecule is C#CC(C)(C)OC(=O)[C@H](CC)NC(=O)OCC1c2ccccc2-c2ccccc21. The summed E-state index contributed by atoms with van der Waals surface area (Å²) in [6.07, 6.45) is 5.06. The minimum Gasteiger partial charge on any atom is -0.449 e. The van der Waals surface area contributed by atoms with E-state index in [0.717, 1.165) is 22.3 Å². The molecule has 1 atom stereocenters. The molecule has 1 N–H and O–H groups in total. The molecule has 0 fully saturated rings. The summed E-state index contributed by atoms with van der Waals surface area (Å²) in [4.78, 5) is 24.6. The Kier molecular flexibility index (Phi) is 5.93. The van der Waals surface area contributed by atoms with E-state index in [2.05, 4.69) is 35.5 Å². The molecule has 0 heterocycles. The minimum absolute atomic E-state index is 0.0412. The molecule has 2 aromatic rings. The lowest BCUT2D eigenvalue weighted by atomic mass is 9.98. The topological polar surface area (TPSA) is 64.6 Å². The molecule has 0 saturated carbocycles. The predicted molar refractivity (Wildman–Crippen MR) is 111 cm³/mol. The summed E-state index contributed by atoms with van der Waals surface area (Å²) in [7, 11) is 0. The molecule has 0 spiro atoms. The number of benzene rings is 2. The summed E-state index contributed by atoms with van der Waals surface area (Å²) < 4.78 is 10.7. The van der Waals surface area contributed by atoms with Crippen LogP contribution in [0.2, 0.25) is 0 Å². The van der Waals surface area contributed by atoms with Crippen LogP contribution in [0.3, 0.4) is 0 Å². The second kappa shape index (κ2) is 8.40. The van der Waals surface area contributed by atoms with Crippen LogP contribution in [0, 0.1) is 12.3 Å². The second-order valence-electron chi connectivity index (χ2n) is 7.51. The number of amides is 1. The van der Waals surface area contributed by atoms with Crippen molar-refractivity contribution in [3.8, 4) is 23.5 Å². The highest BCUT2D eigenvalue weighted by molar-refractivity contribution is 5.82. The van der Waals surface area contributed by atoms with E-state index < -0.39 is 23.7 Å². The van der Waals surface area contributed by atoms with E-state index in [-0.39, 0.29) is 12.5 Å². The molecule has 150 valence electrons. The van der Waals surface area contributed by atoms with E-state index in [9.17, 15) is 9.59 Å². The molecular formula is C24H25NO4. The van der Waals surface area contributed by atoms with Crippen LogP contribution in [0.4, 0.5) is 4.79 Å². The lowest BCUT2D eigenvalue weighted by Crippen LogP contribution is -2.44. The minimum atomic E-state index is -1.03.